The molecular weight excluding hydrogens is 1040 g/mol. The van der Waals surface area contributed by atoms with E-state index in [2.05, 4.69) is 0 Å². The van der Waals surface area contributed by atoms with Gasteiger partial charge in [-0.15, -0.1) is 0 Å². The summed E-state index contributed by atoms with van der Waals surface area (Å²) in [6.07, 6.45) is 0. The summed E-state index contributed by atoms with van der Waals surface area (Å²) in [6, 6.07) is 40.4. The summed E-state index contributed by atoms with van der Waals surface area (Å²) < 4.78 is 20.4. The Morgan fingerprint density at radius 2 is 0.831 bits per heavy atom. The summed E-state index contributed by atoms with van der Waals surface area (Å²) in [5, 5.41) is 41.6. The van der Waals surface area contributed by atoms with Gasteiger partial charge in [0.25, 0.3) is 0 Å². The number of benzene rings is 7. The van der Waals surface area contributed by atoms with Crippen molar-refractivity contribution in [2.24, 2.45) is 7.05 Å². The predicted octanol–water partition coefficient (Wildman–Crippen LogP) is 9.30. The number of carboxylic acid groups (broad SMARTS) is 4. The van der Waals surface area contributed by atoms with Crippen LogP contribution in [0.1, 0.15) is 52.6 Å². The van der Waals surface area contributed by atoms with Gasteiger partial charge in [0, 0.05) is 44.8 Å². The van der Waals surface area contributed by atoms with Crippen molar-refractivity contribution in [2.75, 3.05) is 0 Å². The van der Waals surface area contributed by atoms with Gasteiger partial charge in [-0.2, -0.15) is 0 Å². The number of aromatic carboxylic acids is 4. The van der Waals surface area contributed by atoms with Crippen molar-refractivity contribution in [2.45, 2.75) is 13.2 Å². The van der Waals surface area contributed by atoms with Crippen LogP contribution in [0.4, 0.5) is 0 Å². The Labute approximate surface area is 444 Å². The van der Waals surface area contributed by atoms with Gasteiger partial charge in [-0.05, 0) is 105 Å². The first-order valence-corrected chi connectivity index (χ1v) is 23.3. The van der Waals surface area contributed by atoms with Gasteiger partial charge in [-0.1, -0.05) is 72.8 Å². The number of hydrogen-bond donors (Lipinski definition) is 4. The Hall–Kier alpha value is -10.3. The van der Waals surface area contributed by atoms with E-state index in [0.29, 0.717) is 73.5 Å². The molecule has 0 fully saturated rings. The van der Waals surface area contributed by atoms with E-state index in [0.717, 1.165) is 45.2 Å². The molecule has 0 saturated heterocycles. The maximum absolute atomic E-state index is 11.9. The number of fused-ring (bicyclic) bond motifs is 20. The Bertz CT molecular complexity index is 4190. The molecule has 0 spiro atoms. The molecule has 2 aliphatic rings. The fraction of sp³-hybridized carbons (Fsp3) is 0.0526. The molecule has 0 unspecified atom stereocenters. The van der Waals surface area contributed by atoms with Gasteiger partial charge in [-0.3, -0.25) is 4.57 Å². The molecule has 10 aromatic rings. The quantitative estimate of drug-likeness (QED) is 0.0655. The van der Waals surface area contributed by atoms with Crippen LogP contribution < -0.4 is 28.7 Å². The summed E-state index contributed by atoms with van der Waals surface area (Å²) in [5.41, 5.74) is 4.49. The minimum atomic E-state index is -1.35. The first-order valence-electron chi connectivity index (χ1n) is 23.3. The maximum atomic E-state index is 11.9. The molecule has 1 radical (unpaired) electrons. The zero-order valence-corrected chi connectivity index (χ0v) is 40.7. The molecule has 8 bridgehead atoms. The van der Waals surface area contributed by atoms with E-state index in [9.17, 15) is 39.6 Å². The number of aromatic nitrogens is 8. The standard InChI is InChI=1S/C57H36N8O11.Cu/c1-65-52-43-12-6-7-13-44(43)53(65)64-51-45-25-34(14-15-42(45)49(62-51)60-47-39-9-3-2-8-38(39)46(58-47)59-48-40-10-4-5-11-41(40)50(61-48)63-52)76-37-17-28(26-74-35-21-30(54(66)67)19-31(22-35)55(68)69)16-29(18-37)27-75-36-23-32(56(70)71)20-33(24-36)57(72)73;/h2-25H,26-27H2,1H3,(H5,58,59,60,61,62,63,64,66,67,68,69,70,71,72,73);/q;+2/p-1. The van der Waals surface area contributed by atoms with E-state index in [1.165, 1.54) is 24.3 Å². The van der Waals surface area contributed by atoms with Gasteiger partial charge in [0.05, 0.1) is 41.0 Å². The number of nitrogens with zero attached hydrogens (tertiary/aromatic N) is 8. The van der Waals surface area contributed by atoms with Gasteiger partial charge in [0.1, 0.15) is 47.9 Å². The monoisotopic (exact) mass is 1070 g/mol. The number of carbonyl (C=O) groups is 4. The third-order valence-corrected chi connectivity index (χ3v) is 12.7. The number of rotatable bonds is 12. The topological polar surface area (TPSA) is 273 Å². The summed E-state index contributed by atoms with van der Waals surface area (Å²) in [4.78, 5) is 83.0. The van der Waals surface area contributed by atoms with Crippen LogP contribution in [0.15, 0.2) is 146 Å². The predicted molar refractivity (Wildman–Crippen MR) is 273 cm³/mol. The van der Waals surface area contributed by atoms with E-state index >= 15 is 0 Å². The van der Waals surface area contributed by atoms with Crippen molar-refractivity contribution in [3.8, 4) is 68.5 Å². The summed E-state index contributed by atoms with van der Waals surface area (Å²) in [5.74, 6) is -2.87. The molecule has 12 rings (SSSR count). The molecule has 77 heavy (non-hydrogen) atoms. The fourth-order valence-electron chi connectivity index (χ4n) is 9.18. The average molecular weight is 1070 g/mol. The van der Waals surface area contributed by atoms with E-state index in [1.807, 2.05) is 90.5 Å². The second-order valence-electron chi connectivity index (χ2n) is 17.7. The third-order valence-electron chi connectivity index (χ3n) is 12.7. The molecule has 0 saturated carbocycles. The van der Waals surface area contributed by atoms with Gasteiger partial charge >= 0.3 is 40.9 Å². The van der Waals surface area contributed by atoms with E-state index in [-0.39, 0.29) is 69.8 Å². The van der Waals surface area contributed by atoms with Crippen LogP contribution in [-0.4, -0.2) is 69.2 Å². The molecule has 2 aliphatic heterocycles. The second-order valence-corrected chi connectivity index (χ2v) is 17.7. The third kappa shape index (κ3) is 9.26. The SMILES string of the molecule is C[n+]1c2nc3[n-]c(nc4nc(nc5[n-]c(nc1-c1ccccc1-2)c1cc(Oc2cc(COc6cc(C(=O)O)cc(C(=O)O)c6)cc(COc6cc(C(=O)O)cc(C(=O)O)c6)c2)ccc51)-c1ccccc1-4)c1ccccc31.[Cu+2]. The van der Waals surface area contributed by atoms with Crippen molar-refractivity contribution in [1.82, 2.24) is 34.9 Å². The zero-order chi connectivity index (χ0) is 52.4. The maximum Gasteiger partial charge on any atom is 2.00 e. The number of hydrogen-bond acceptors (Lipinski definition) is 12. The number of carboxylic acids is 4. The van der Waals surface area contributed by atoms with Gasteiger partial charge in [0.15, 0.2) is 0 Å². The zero-order valence-electron chi connectivity index (χ0n) is 39.8. The summed E-state index contributed by atoms with van der Waals surface area (Å²) in [7, 11) is 1.88. The van der Waals surface area contributed by atoms with Crippen LogP contribution >= 0.6 is 0 Å². The van der Waals surface area contributed by atoms with Crippen molar-refractivity contribution >= 4 is 68.0 Å². The Balaban J connectivity index is 0.00000631. The van der Waals surface area contributed by atoms with Crippen LogP contribution in [0.3, 0.4) is 0 Å². The molecule has 7 aromatic carbocycles. The average Bonchev–Trinajstić information content (AvgIpc) is 4.23. The molecule has 0 atom stereocenters. The van der Waals surface area contributed by atoms with E-state index in [1.54, 1.807) is 30.3 Å². The smallest absolute Gasteiger partial charge is 0.489 e. The summed E-state index contributed by atoms with van der Waals surface area (Å²) >= 11 is 0. The number of ether oxygens (including phenoxy) is 3. The van der Waals surface area contributed by atoms with Crippen molar-refractivity contribution in [1.29, 1.82) is 0 Å². The Morgan fingerprint density at radius 1 is 0.429 bits per heavy atom. The molecule has 5 heterocycles. The molecule has 0 amide bonds. The molecular formula is C57H35CuN8O11+. The first kappa shape index (κ1) is 48.9. The van der Waals surface area contributed by atoms with Crippen LogP contribution in [-0.2, 0) is 37.3 Å². The largest absolute Gasteiger partial charge is 2.00 e. The van der Waals surface area contributed by atoms with Crippen LogP contribution in [0.5, 0.6) is 23.0 Å². The van der Waals surface area contributed by atoms with Gasteiger partial charge in [-0.25, -0.2) is 24.2 Å². The van der Waals surface area contributed by atoms with Crippen molar-refractivity contribution < 1.29 is 75.5 Å². The molecule has 4 N–H and O–H groups in total. The van der Waals surface area contributed by atoms with E-state index < -0.39 is 23.9 Å². The summed E-state index contributed by atoms with van der Waals surface area (Å²) in [6.45, 7) is -0.414. The minimum Gasteiger partial charge on any atom is -0.489 e. The molecule has 379 valence electrons. The van der Waals surface area contributed by atoms with Crippen molar-refractivity contribution in [3.63, 3.8) is 0 Å². The molecule has 19 nitrogen and oxygen atoms in total. The van der Waals surface area contributed by atoms with Crippen molar-refractivity contribution in [3.05, 3.63) is 179 Å². The van der Waals surface area contributed by atoms with Gasteiger partial charge in [0.2, 0.25) is 0 Å². The van der Waals surface area contributed by atoms with Crippen LogP contribution in [0.25, 0.3) is 89.7 Å². The molecule has 20 heteroatoms. The first-order chi connectivity index (χ1) is 36.8. The second kappa shape index (κ2) is 19.5. The Morgan fingerprint density at radius 3 is 1.29 bits per heavy atom. The Kier molecular flexibility index (Phi) is 12.4. The fourth-order valence-corrected chi connectivity index (χ4v) is 9.18. The molecule has 3 aromatic heterocycles. The van der Waals surface area contributed by atoms with Crippen LogP contribution in [0, 0.1) is 0 Å². The normalized spacial score (nSPS) is 11.3. The minimum absolute atomic E-state index is 0. The van der Waals surface area contributed by atoms with Gasteiger partial charge < -0.3 is 64.5 Å². The van der Waals surface area contributed by atoms with Crippen LogP contribution in [0.2, 0.25) is 0 Å². The van der Waals surface area contributed by atoms with E-state index in [4.69, 9.17) is 49.1 Å². The molecule has 0 aliphatic carbocycles.